The molecule has 0 aliphatic carbocycles. The molecule has 34 heavy (non-hydrogen) atoms. The maximum absolute atomic E-state index is 12.7. The summed E-state index contributed by atoms with van der Waals surface area (Å²) in [6, 6.07) is 28.3. The molecular formula is C28H20N4O2. The molecule has 0 atom stereocenters. The summed E-state index contributed by atoms with van der Waals surface area (Å²) in [6.07, 6.45) is 1.88. The number of carbonyl (C=O) groups is 1. The molecule has 6 heteroatoms. The van der Waals surface area contributed by atoms with Crippen molar-refractivity contribution >= 4 is 33.5 Å². The van der Waals surface area contributed by atoms with Crippen molar-refractivity contribution in [1.82, 2.24) is 15.0 Å². The van der Waals surface area contributed by atoms with Gasteiger partial charge in [-0.1, -0.05) is 36.4 Å². The second-order valence-electron chi connectivity index (χ2n) is 8.18. The van der Waals surface area contributed by atoms with Gasteiger partial charge in [0, 0.05) is 28.5 Å². The Morgan fingerprint density at radius 1 is 0.794 bits per heavy atom. The van der Waals surface area contributed by atoms with Crippen LogP contribution in [-0.4, -0.2) is 26.0 Å². The van der Waals surface area contributed by atoms with Crippen LogP contribution in [0.15, 0.2) is 97.2 Å². The van der Waals surface area contributed by atoms with Crippen molar-refractivity contribution in [2.45, 2.75) is 0 Å². The molecule has 6 aromatic rings. The molecular weight excluding hydrogens is 424 g/mol. The number of phenols is 1. The number of H-pyrrole nitrogens is 2. The zero-order chi connectivity index (χ0) is 23.1. The first-order valence-electron chi connectivity index (χ1n) is 10.9. The number of aromatic nitrogens is 3. The van der Waals surface area contributed by atoms with Crippen molar-refractivity contribution < 1.29 is 9.90 Å². The number of imidazole rings is 1. The van der Waals surface area contributed by atoms with Gasteiger partial charge in [0.2, 0.25) is 0 Å². The quantitative estimate of drug-likeness (QED) is 0.256. The van der Waals surface area contributed by atoms with Gasteiger partial charge in [-0.15, -0.1) is 0 Å². The zero-order valence-electron chi connectivity index (χ0n) is 18.0. The average molecular weight is 444 g/mol. The molecule has 0 aliphatic rings. The van der Waals surface area contributed by atoms with E-state index in [0.717, 1.165) is 50.1 Å². The minimum absolute atomic E-state index is 0.169. The third kappa shape index (κ3) is 3.67. The highest BCUT2D eigenvalue weighted by Gasteiger charge is 2.10. The maximum Gasteiger partial charge on any atom is 0.255 e. The molecule has 0 unspecified atom stereocenters. The van der Waals surface area contributed by atoms with Crippen LogP contribution >= 0.6 is 0 Å². The lowest BCUT2D eigenvalue weighted by atomic mass is 10.1. The number of anilines is 1. The maximum atomic E-state index is 12.7. The smallest absolute Gasteiger partial charge is 0.255 e. The molecule has 6 nitrogen and oxygen atoms in total. The van der Waals surface area contributed by atoms with Crippen molar-refractivity contribution in [3.05, 3.63) is 103 Å². The molecule has 1 amide bonds. The second-order valence-corrected chi connectivity index (χ2v) is 8.18. The lowest BCUT2D eigenvalue weighted by Gasteiger charge is -2.06. The molecule has 0 spiro atoms. The summed E-state index contributed by atoms with van der Waals surface area (Å²) in [6.45, 7) is 0. The van der Waals surface area contributed by atoms with Gasteiger partial charge in [0.1, 0.15) is 11.6 Å². The number of aromatic hydroxyl groups is 1. The molecule has 2 heterocycles. The van der Waals surface area contributed by atoms with Crippen molar-refractivity contribution in [3.8, 4) is 28.3 Å². The number of rotatable bonds is 4. The molecule has 0 saturated carbocycles. The number of nitrogens with one attached hydrogen (secondary N) is 3. The monoisotopic (exact) mass is 444 g/mol. The standard InChI is InChI=1S/C28H20N4O2/c33-23-3-1-2-20(14-23)21-9-11-24-26(15-21)32-27(31-24)18-4-6-19(7-5-18)28(34)30-22-10-8-17-12-13-29-25(17)16-22/h1-16,29,33H,(H,30,34)(H,31,32). The van der Waals surface area contributed by atoms with Crippen LogP contribution in [0.2, 0.25) is 0 Å². The van der Waals surface area contributed by atoms with Crippen molar-refractivity contribution in [1.29, 1.82) is 0 Å². The lowest BCUT2D eigenvalue weighted by molar-refractivity contribution is 0.102. The van der Waals surface area contributed by atoms with E-state index in [1.54, 1.807) is 24.3 Å². The van der Waals surface area contributed by atoms with E-state index in [-0.39, 0.29) is 11.7 Å². The highest BCUT2D eigenvalue weighted by molar-refractivity contribution is 6.05. The number of fused-ring (bicyclic) bond motifs is 2. The summed E-state index contributed by atoms with van der Waals surface area (Å²) in [5.41, 5.74) is 6.84. The molecule has 0 radical (unpaired) electrons. The lowest BCUT2D eigenvalue weighted by Crippen LogP contribution is -2.11. The number of hydrogen-bond donors (Lipinski definition) is 4. The Morgan fingerprint density at radius 2 is 1.62 bits per heavy atom. The summed E-state index contributed by atoms with van der Waals surface area (Å²) in [7, 11) is 0. The number of benzene rings is 4. The number of aromatic amines is 2. The Bertz CT molecular complexity index is 1660. The molecule has 0 bridgehead atoms. The van der Waals surface area contributed by atoms with Gasteiger partial charge in [0.25, 0.3) is 5.91 Å². The van der Waals surface area contributed by atoms with Crippen molar-refractivity contribution in [3.63, 3.8) is 0 Å². The van der Waals surface area contributed by atoms with Crippen LogP contribution in [-0.2, 0) is 0 Å². The van der Waals surface area contributed by atoms with Crippen LogP contribution in [0.4, 0.5) is 5.69 Å². The minimum atomic E-state index is -0.169. The fourth-order valence-corrected chi connectivity index (χ4v) is 4.12. The van der Waals surface area contributed by atoms with Crippen LogP contribution in [0.5, 0.6) is 5.75 Å². The highest BCUT2D eigenvalue weighted by Crippen LogP contribution is 2.28. The van der Waals surface area contributed by atoms with E-state index < -0.39 is 0 Å². The van der Waals surface area contributed by atoms with Crippen LogP contribution < -0.4 is 5.32 Å². The van der Waals surface area contributed by atoms with Crippen LogP contribution in [0.1, 0.15) is 10.4 Å². The number of amides is 1. The van der Waals surface area contributed by atoms with E-state index in [1.807, 2.05) is 72.9 Å². The Balaban J connectivity index is 1.23. The predicted molar refractivity (Wildman–Crippen MR) is 135 cm³/mol. The van der Waals surface area contributed by atoms with E-state index >= 15 is 0 Å². The number of nitrogens with zero attached hydrogens (tertiary/aromatic N) is 1. The van der Waals surface area contributed by atoms with Crippen molar-refractivity contribution in [2.75, 3.05) is 5.32 Å². The number of hydrogen-bond acceptors (Lipinski definition) is 3. The molecule has 2 aromatic heterocycles. The molecule has 4 aromatic carbocycles. The topological polar surface area (TPSA) is 93.8 Å². The Labute approximate surface area is 194 Å². The van der Waals surface area contributed by atoms with Gasteiger partial charge in [-0.05, 0) is 71.1 Å². The summed E-state index contributed by atoms with van der Waals surface area (Å²) in [5, 5.41) is 13.8. The first-order chi connectivity index (χ1) is 16.6. The number of carbonyl (C=O) groups excluding carboxylic acids is 1. The van der Waals surface area contributed by atoms with E-state index in [4.69, 9.17) is 4.98 Å². The number of phenolic OH excluding ortho intramolecular Hbond substituents is 1. The highest BCUT2D eigenvalue weighted by atomic mass is 16.3. The van der Waals surface area contributed by atoms with Crippen molar-refractivity contribution in [2.24, 2.45) is 0 Å². The van der Waals surface area contributed by atoms with E-state index in [1.165, 1.54) is 0 Å². The van der Waals surface area contributed by atoms with Gasteiger partial charge >= 0.3 is 0 Å². The van der Waals surface area contributed by atoms with Gasteiger partial charge in [0.15, 0.2) is 0 Å². The summed E-state index contributed by atoms with van der Waals surface area (Å²) >= 11 is 0. The van der Waals surface area contributed by atoms with Gasteiger partial charge in [-0.2, -0.15) is 0 Å². The first-order valence-corrected chi connectivity index (χ1v) is 10.9. The molecule has 0 aliphatic heterocycles. The van der Waals surface area contributed by atoms with Crippen LogP contribution in [0.3, 0.4) is 0 Å². The fourth-order valence-electron chi connectivity index (χ4n) is 4.12. The fraction of sp³-hybridized carbons (Fsp3) is 0. The molecule has 0 fully saturated rings. The first kappa shape index (κ1) is 19.8. The predicted octanol–water partition coefficient (Wildman–Crippen LogP) is 6.34. The molecule has 164 valence electrons. The third-order valence-corrected chi connectivity index (χ3v) is 5.89. The third-order valence-electron chi connectivity index (χ3n) is 5.89. The second kappa shape index (κ2) is 7.94. The normalized spacial score (nSPS) is 11.2. The zero-order valence-corrected chi connectivity index (χ0v) is 18.0. The molecule has 4 N–H and O–H groups in total. The van der Waals surface area contributed by atoms with Gasteiger partial charge in [-0.25, -0.2) is 4.98 Å². The van der Waals surface area contributed by atoms with E-state index in [0.29, 0.717) is 5.56 Å². The molecule has 6 rings (SSSR count). The van der Waals surface area contributed by atoms with Crippen LogP contribution in [0, 0.1) is 0 Å². The average Bonchev–Trinajstić information content (AvgIpc) is 3.50. The van der Waals surface area contributed by atoms with Gasteiger partial charge in [0.05, 0.1) is 11.0 Å². The Morgan fingerprint density at radius 3 is 2.47 bits per heavy atom. The summed E-state index contributed by atoms with van der Waals surface area (Å²) in [4.78, 5) is 23.9. The molecule has 0 saturated heterocycles. The van der Waals surface area contributed by atoms with E-state index in [2.05, 4.69) is 15.3 Å². The summed E-state index contributed by atoms with van der Waals surface area (Å²) < 4.78 is 0. The Hall–Kier alpha value is -4.84. The van der Waals surface area contributed by atoms with Gasteiger partial charge in [-0.3, -0.25) is 4.79 Å². The van der Waals surface area contributed by atoms with Gasteiger partial charge < -0.3 is 20.4 Å². The minimum Gasteiger partial charge on any atom is -0.508 e. The largest absolute Gasteiger partial charge is 0.508 e. The SMILES string of the molecule is O=C(Nc1ccc2cc[nH]c2c1)c1ccc(-c2nc3ccc(-c4cccc(O)c4)cc3[nH]2)cc1. The van der Waals surface area contributed by atoms with E-state index in [9.17, 15) is 9.90 Å². The summed E-state index contributed by atoms with van der Waals surface area (Å²) in [5.74, 6) is 0.793. The Kier molecular flexibility index (Phi) is 4.63. The van der Waals surface area contributed by atoms with Crippen LogP contribution in [0.25, 0.3) is 44.5 Å².